The lowest BCUT2D eigenvalue weighted by Gasteiger charge is -2.37. The predicted molar refractivity (Wildman–Crippen MR) is 63.4 cm³/mol. The zero-order valence-electron chi connectivity index (χ0n) is 10.3. The van der Waals surface area contributed by atoms with Crippen LogP contribution in [0.1, 0.15) is 32.1 Å². The second-order valence-corrected chi connectivity index (χ2v) is 5.11. The third-order valence-corrected chi connectivity index (χ3v) is 3.99. The van der Waals surface area contributed by atoms with Crippen molar-refractivity contribution in [3.63, 3.8) is 0 Å². The topological polar surface area (TPSA) is 75.8 Å². The van der Waals surface area contributed by atoms with Crippen LogP contribution >= 0.6 is 0 Å². The van der Waals surface area contributed by atoms with Gasteiger partial charge in [0, 0.05) is 25.7 Å². The highest BCUT2D eigenvalue weighted by Crippen LogP contribution is 2.36. The van der Waals surface area contributed by atoms with Crippen LogP contribution < -0.4 is 5.73 Å². The average molecular weight is 242 g/mol. The molecule has 2 bridgehead atoms. The first-order chi connectivity index (χ1) is 8.15. The Hall–Kier alpha value is -0.650. The van der Waals surface area contributed by atoms with Gasteiger partial charge in [-0.15, -0.1) is 0 Å². The number of rotatable bonds is 4. The van der Waals surface area contributed by atoms with Gasteiger partial charge in [-0.1, -0.05) is 0 Å². The van der Waals surface area contributed by atoms with E-state index in [2.05, 4.69) is 0 Å². The summed E-state index contributed by atoms with van der Waals surface area (Å²) in [5.74, 6) is 0.127. The Morgan fingerprint density at radius 2 is 2.06 bits per heavy atom. The summed E-state index contributed by atoms with van der Waals surface area (Å²) in [6.07, 6.45) is 3.43. The summed E-state index contributed by atoms with van der Waals surface area (Å²) in [5, 5.41) is 9.68. The Bertz CT molecular complexity index is 267. The molecule has 2 saturated heterocycles. The quantitative estimate of drug-likeness (QED) is 0.719. The molecule has 98 valence electrons. The molecule has 2 aliphatic heterocycles. The molecule has 1 amide bonds. The van der Waals surface area contributed by atoms with Crippen molar-refractivity contribution in [3.8, 4) is 0 Å². The summed E-state index contributed by atoms with van der Waals surface area (Å²) < 4.78 is 5.15. The number of amides is 1. The van der Waals surface area contributed by atoms with E-state index in [0.29, 0.717) is 13.0 Å². The maximum Gasteiger partial charge on any atom is 0.225 e. The normalized spacial score (nSPS) is 33.8. The average Bonchev–Trinajstić information content (AvgIpc) is 2.58. The minimum absolute atomic E-state index is 0.127. The highest BCUT2D eigenvalue weighted by Gasteiger charge is 2.42. The molecule has 3 atom stereocenters. The van der Waals surface area contributed by atoms with Crippen LogP contribution in [0.2, 0.25) is 0 Å². The van der Waals surface area contributed by atoms with Crippen molar-refractivity contribution in [2.75, 3.05) is 13.7 Å². The lowest BCUT2D eigenvalue weighted by atomic mass is 9.99. The molecule has 0 radical (unpaired) electrons. The molecule has 0 aromatic carbocycles. The van der Waals surface area contributed by atoms with Gasteiger partial charge in [-0.25, -0.2) is 0 Å². The van der Waals surface area contributed by atoms with E-state index in [4.69, 9.17) is 10.5 Å². The first-order valence-corrected chi connectivity index (χ1v) is 6.37. The van der Waals surface area contributed by atoms with E-state index in [1.54, 1.807) is 7.11 Å². The van der Waals surface area contributed by atoms with Crippen LogP contribution in [-0.4, -0.2) is 53.9 Å². The van der Waals surface area contributed by atoms with E-state index in [0.717, 1.165) is 25.7 Å². The fourth-order valence-electron chi connectivity index (χ4n) is 3.12. The van der Waals surface area contributed by atoms with Crippen molar-refractivity contribution >= 4 is 5.91 Å². The highest BCUT2D eigenvalue weighted by molar-refractivity contribution is 5.78. The largest absolute Gasteiger partial charge is 0.393 e. The number of piperidine rings is 1. The van der Waals surface area contributed by atoms with Gasteiger partial charge in [0.15, 0.2) is 0 Å². The van der Waals surface area contributed by atoms with Crippen LogP contribution in [0.4, 0.5) is 0 Å². The lowest BCUT2D eigenvalue weighted by Crippen LogP contribution is -2.49. The summed E-state index contributed by atoms with van der Waals surface area (Å²) in [6, 6.07) is 0.457. The monoisotopic (exact) mass is 242 g/mol. The molecule has 0 aromatic rings. The molecule has 0 saturated carbocycles. The van der Waals surface area contributed by atoms with E-state index in [9.17, 15) is 9.90 Å². The molecule has 5 heteroatoms. The number of ether oxygens (including phenoxy) is 1. The van der Waals surface area contributed by atoms with Crippen LogP contribution in [0.5, 0.6) is 0 Å². The summed E-state index contributed by atoms with van der Waals surface area (Å²) in [6.45, 7) is 0.369. The molecule has 3 N–H and O–H groups in total. The van der Waals surface area contributed by atoms with E-state index in [1.165, 1.54) is 0 Å². The first kappa shape index (κ1) is 12.8. The summed E-state index contributed by atoms with van der Waals surface area (Å²) in [5.41, 5.74) is 5.53. The number of methoxy groups -OCH3 is 1. The van der Waals surface area contributed by atoms with Crippen molar-refractivity contribution in [1.82, 2.24) is 4.90 Å². The number of fused-ring (bicyclic) bond motifs is 2. The van der Waals surface area contributed by atoms with Crippen LogP contribution in [0, 0.1) is 0 Å². The Kier molecular flexibility index (Phi) is 4.01. The maximum atomic E-state index is 12.2. The predicted octanol–water partition coefficient (Wildman–Crippen LogP) is -0.135. The highest BCUT2D eigenvalue weighted by atomic mass is 16.5. The summed E-state index contributed by atoms with van der Waals surface area (Å²) >= 11 is 0. The maximum absolute atomic E-state index is 12.2. The first-order valence-electron chi connectivity index (χ1n) is 6.37. The summed E-state index contributed by atoms with van der Waals surface area (Å²) in [4.78, 5) is 14.2. The second-order valence-electron chi connectivity index (χ2n) is 5.11. The molecule has 0 spiro atoms. The number of nitrogens with two attached hydrogens (primary N) is 1. The second kappa shape index (κ2) is 5.33. The Morgan fingerprint density at radius 1 is 1.47 bits per heavy atom. The number of aliphatic hydroxyl groups is 1. The van der Waals surface area contributed by atoms with Crippen molar-refractivity contribution in [1.29, 1.82) is 0 Å². The third-order valence-electron chi connectivity index (χ3n) is 3.99. The number of nitrogens with zero attached hydrogens (tertiary/aromatic N) is 1. The van der Waals surface area contributed by atoms with Gasteiger partial charge >= 0.3 is 0 Å². The molecular formula is C12H22N2O3. The van der Waals surface area contributed by atoms with E-state index in [1.807, 2.05) is 4.90 Å². The molecule has 2 rings (SSSR count). The molecule has 0 aliphatic carbocycles. The minimum atomic E-state index is -0.232. The molecule has 0 aromatic heterocycles. The Morgan fingerprint density at radius 3 is 2.53 bits per heavy atom. The molecule has 5 nitrogen and oxygen atoms in total. The molecular weight excluding hydrogens is 220 g/mol. The molecule has 17 heavy (non-hydrogen) atoms. The standard InChI is InChI=1S/C12H22N2O3/c1-17-11(7-13)6-12(16)14-8-2-3-9(14)5-10(15)4-8/h8-11,15H,2-7,13H2,1H3. The van der Waals surface area contributed by atoms with Crippen LogP contribution in [-0.2, 0) is 9.53 Å². The smallest absolute Gasteiger partial charge is 0.225 e. The number of aliphatic hydroxyl groups excluding tert-OH is 1. The molecule has 2 aliphatic rings. The van der Waals surface area contributed by atoms with Crippen molar-refractivity contribution in [2.45, 2.75) is 56.4 Å². The Labute approximate surface area is 102 Å². The van der Waals surface area contributed by atoms with Gasteiger partial charge in [0.25, 0.3) is 0 Å². The van der Waals surface area contributed by atoms with Crippen molar-refractivity contribution in [3.05, 3.63) is 0 Å². The SMILES string of the molecule is COC(CN)CC(=O)N1C2CCC1CC(O)C2. The minimum Gasteiger partial charge on any atom is -0.393 e. The Balaban J connectivity index is 1.96. The summed E-state index contributed by atoms with van der Waals surface area (Å²) in [7, 11) is 1.58. The van der Waals surface area contributed by atoms with Gasteiger partial charge in [-0.3, -0.25) is 4.79 Å². The van der Waals surface area contributed by atoms with Gasteiger partial charge in [0.2, 0.25) is 5.91 Å². The number of hydrogen-bond donors (Lipinski definition) is 2. The van der Waals surface area contributed by atoms with E-state index >= 15 is 0 Å². The van der Waals surface area contributed by atoms with Gasteiger partial charge < -0.3 is 20.5 Å². The van der Waals surface area contributed by atoms with E-state index < -0.39 is 0 Å². The molecule has 2 heterocycles. The van der Waals surface area contributed by atoms with Gasteiger partial charge in [-0.2, -0.15) is 0 Å². The van der Waals surface area contributed by atoms with E-state index in [-0.39, 0.29) is 30.2 Å². The number of hydrogen-bond acceptors (Lipinski definition) is 4. The van der Waals surface area contributed by atoms with Gasteiger partial charge in [0.05, 0.1) is 18.6 Å². The van der Waals surface area contributed by atoms with Crippen molar-refractivity contribution < 1.29 is 14.6 Å². The van der Waals surface area contributed by atoms with Gasteiger partial charge in [-0.05, 0) is 25.7 Å². The van der Waals surface area contributed by atoms with Crippen LogP contribution in [0.25, 0.3) is 0 Å². The lowest BCUT2D eigenvalue weighted by molar-refractivity contribution is -0.139. The zero-order chi connectivity index (χ0) is 12.4. The van der Waals surface area contributed by atoms with Crippen LogP contribution in [0.15, 0.2) is 0 Å². The zero-order valence-corrected chi connectivity index (χ0v) is 10.3. The number of carbonyl (C=O) groups is 1. The van der Waals surface area contributed by atoms with Crippen LogP contribution in [0.3, 0.4) is 0 Å². The fourth-order valence-corrected chi connectivity index (χ4v) is 3.12. The third kappa shape index (κ3) is 2.61. The fraction of sp³-hybridized carbons (Fsp3) is 0.917. The molecule has 2 fully saturated rings. The number of carbonyl (C=O) groups excluding carboxylic acids is 1. The van der Waals surface area contributed by atoms with Gasteiger partial charge in [0.1, 0.15) is 0 Å². The molecule has 3 unspecified atom stereocenters. The van der Waals surface area contributed by atoms with Crippen molar-refractivity contribution in [2.24, 2.45) is 5.73 Å².